The lowest BCUT2D eigenvalue weighted by Crippen LogP contribution is -2.30. The molecule has 0 aliphatic carbocycles. The van der Waals surface area contributed by atoms with Crippen LogP contribution in [0.5, 0.6) is 0 Å². The average Bonchev–Trinajstić information content (AvgIpc) is 3.19. The fourth-order valence-electron chi connectivity index (χ4n) is 5.51. The lowest BCUT2D eigenvalue weighted by atomic mass is 10.1. The van der Waals surface area contributed by atoms with Crippen molar-refractivity contribution >= 4 is 27.6 Å². The molecule has 59 heavy (non-hydrogen) atoms. The van der Waals surface area contributed by atoms with E-state index in [1.165, 1.54) is 57.8 Å². The van der Waals surface area contributed by atoms with Crippen LogP contribution in [0, 0.1) is 0 Å². The Bertz CT molecular complexity index is 1280. The molecule has 0 heterocycles. The van der Waals surface area contributed by atoms with Gasteiger partial charge in [-0.25, -0.2) is 9.13 Å². The summed E-state index contributed by atoms with van der Waals surface area (Å²) in [6, 6.07) is 0. The van der Waals surface area contributed by atoms with Crippen LogP contribution in [0.1, 0.15) is 168 Å². The molecule has 0 saturated carbocycles. The van der Waals surface area contributed by atoms with E-state index in [1.807, 2.05) is 12.2 Å². The molecule has 0 rings (SSSR count). The third-order valence-electron chi connectivity index (χ3n) is 8.87. The van der Waals surface area contributed by atoms with Gasteiger partial charge in [-0.2, -0.15) is 0 Å². The number of esters is 2. The van der Waals surface area contributed by atoms with E-state index in [4.69, 9.17) is 23.8 Å². The highest BCUT2D eigenvalue weighted by molar-refractivity contribution is 7.47. The molecule has 3 atom stereocenters. The van der Waals surface area contributed by atoms with Crippen molar-refractivity contribution in [3.8, 4) is 0 Å². The maximum atomic E-state index is 12.6. The fraction of sp³-hybridized carbons (Fsp3) is 0.727. The van der Waals surface area contributed by atoms with E-state index in [9.17, 15) is 28.7 Å². The number of hydrogen-bond donors (Lipinski definition) is 4. The van der Waals surface area contributed by atoms with E-state index >= 15 is 0 Å². The number of carbonyl (C=O) groups is 2. The zero-order valence-corrected chi connectivity index (χ0v) is 37.9. The van der Waals surface area contributed by atoms with Crippen LogP contribution in [0.3, 0.4) is 0 Å². The van der Waals surface area contributed by atoms with Gasteiger partial charge < -0.3 is 29.3 Å². The molecule has 4 N–H and O–H groups in total. The molecule has 0 spiro atoms. The Morgan fingerprint density at radius 3 is 1.44 bits per heavy atom. The van der Waals surface area contributed by atoms with E-state index in [1.54, 1.807) is 0 Å². The Labute approximate surface area is 355 Å². The summed E-state index contributed by atoms with van der Waals surface area (Å²) in [6.07, 6.45) is 42.2. The van der Waals surface area contributed by atoms with Crippen LogP contribution < -0.4 is 0 Å². The largest absolute Gasteiger partial charge is 0.472 e. The highest BCUT2D eigenvalue weighted by atomic mass is 31.2. The molecule has 0 aromatic heterocycles. The van der Waals surface area contributed by atoms with Crippen molar-refractivity contribution in [1.29, 1.82) is 0 Å². The first-order valence-electron chi connectivity index (χ1n) is 22.0. The second-order valence-corrected chi connectivity index (χ2v) is 17.3. The van der Waals surface area contributed by atoms with Crippen molar-refractivity contribution in [2.75, 3.05) is 26.4 Å². The molecule has 0 radical (unpaired) electrons. The molecule has 0 aliphatic heterocycles. The van der Waals surface area contributed by atoms with Crippen molar-refractivity contribution in [2.24, 2.45) is 0 Å². The summed E-state index contributed by atoms with van der Waals surface area (Å²) in [5, 5.41) is 9.74. The van der Waals surface area contributed by atoms with Gasteiger partial charge >= 0.3 is 27.6 Å². The lowest BCUT2D eigenvalue weighted by Gasteiger charge is -2.20. The maximum Gasteiger partial charge on any atom is 0.472 e. The van der Waals surface area contributed by atoms with Crippen LogP contribution in [0.25, 0.3) is 0 Å². The van der Waals surface area contributed by atoms with Crippen molar-refractivity contribution in [3.05, 3.63) is 60.8 Å². The van der Waals surface area contributed by atoms with Gasteiger partial charge in [0.1, 0.15) is 12.7 Å². The number of aliphatic hydroxyl groups is 1. The quantitative estimate of drug-likeness (QED) is 0.0196. The molecule has 0 saturated heterocycles. The van der Waals surface area contributed by atoms with Gasteiger partial charge in [0.05, 0.1) is 19.8 Å². The smallest absolute Gasteiger partial charge is 0.462 e. The monoisotopic (exact) mass is 876 g/mol. The van der Waals surface area contributed by atoms with Gasteiger partial charge in [-0.1, -0.05) is 139 Å². The summed E-state index contributed by atoms with van der Waals surface area (Å²) in [4.78, 5) is 52.6. The Hall–Kier alpha value is -2.18. The average molecular weight is 877 g/mol. The predicted molar refractivity (Wildman–Crippen MR) is 234 cm³/mol. The standard InChI is InChI=1S/C44H78O13P2/c1-3-5-7-9-11-13-15-17-19-20-22-23-25-27-29-31-33-35-43(46)53-39-42(40-56-59(51,52)55-38-41(45)37-54-58(48,49)50)57-44(47)36-34-32-30-28-26-24-21-18-16-14-12-10-8-6-4-2/h12,14,17-19,21-23,27,29,41-42,45H,3-11,13,15-16,20,24-26,28,30-40H2,1-2H3,(H,51,52)(H2,48,49,50)/b14-12-,19-17-,21-18-,23-22-,29-27-/t41-,42+/m0/s1. The number of rotatable bonds is 41. The van der Waals surface area contributed by atoms with Crippen molar-refractivity contribution in [3.63, 3.8) is 0 Å². The summed E-state index contributed by atoms with van der Waals surface area (Å²) in [7, 11) is -9.69. The van der Waals surface area contributed by atoms with E-state index in [2.05, 4.69) is 71.5 Å². The highest BCUT2D eigenvalue weighted by Gasteiger charge is 2.28. The maximum absolute atomic E-state index is 12.6. The number of phosphoric ester groups is 2. The van der Waals surface area contributed by atoms with Gasteiger partial charge in [0, 0.05) is 12.8 Å². The molecule has 342 valence electrons. The number of ether oxygens (including phenoxy) is 2. The van der Waals surface area contributed by atoms with Crippen molar-refractivity contribution < 1.29 is 61.6 Å². The van der Waals surface area contributed by atoms with E-state index in [0.717, 1.165) is 64.2 Å². The normalized spacial score (nSPS) is 14.6. The summed E-state index contributed by atoms with van der Waals surface area (Å²) in [5.41, 5.74) is 0. The Balaban J connectivity index is 4.63. The first-order chi connectivity index (χ1) is 28.4. The molecular formula is C44H78O13P2. The van der Waals surface area contributed by atoms with Crippen LogP contribution in [-0.4, -0.2) is 70.4 Å². The molecule has 0 aromatic carbocycles. The summed E-state index contributed by atoms with van der Waals surface area (Å²) in [6.45, 7) is 1.65. The Morgan fingerprint density at radius 2 is 0.898 bits per heavy atom. The first-order valence-corrected chi connectivity index (χ1v) is 25.0. The van der Waals surface area contributed by atoms with E-state index in [-0.39, 0.29) is 12.8 Å². The minimum absolute atomic E-state index is 0.103. The van der Waals surface area contributed by atoms with E-state index in [0.29, 0.717) is 19.3 Å². The van der Waals surface area contributed by atoms with Crippen LogP contribution in [0.15, 0.2) is 60.8 Å². The minimum atomic E-state index is -4.87. The zero-order valence-electron chi connectivity index (χ0n) is 36.1. The molecule has 13 nitrogen and oxygen atoms in total. The van der Waals surface area contributed by atoms with Crippen LogP contribution in [-0.2, 0) is 41.8 Å². The predicted octanol–water partition coefficient (Wildman–Crippen LogP) is 11.2. The first kappa shape index (κ1) is 56.8. The molecule has 0 amide bonds. The minimum Gasteiger partial charge on any atom is -0.462 e. The van der Waals surface area contributed by atoms with Gasteiger partial charge in [-0.3, -0.25) is 23.2 Å². The topological polar surface area (TPSA) is 195 Å². The van der Waals surface area contributed by atoms with Crippen LogP contribution in [0.4, 0.5) is 0 Å². The lowest BCUT2D eigenvalue weighted by molar-refractivity contribution is -0.161. The molecule has 15 heteroatoms. The van der Waals surface area contributed by atoms with E-state index < -0.39 is 66.2 Å². The summed E-state index contributed by atoms with van der Waals surface area (Å²) in [5.74, 6) is -1.11. The number of phosphoric acid groups is 2. The molecule has 0 aromatic rings. The molecule has 0 bridgehead atoms. The van der Waals surface area contributed by atoms with Crippen molar-refractivity contribution in [1.82, 2.24) is 0 Å². The molecular weight excluding hydrogens is 798 g/mol. The van der Waals surface area contributed by atoms with Crippen LogP contribution in [0.2, 0.25) is 0 Å². The molecule has 1 unspecified atom stereocenters. The number of carbonyl (C=O) groups excluding carboxylic acids is 2. The fourth-order valence-corrected chi connectivity index (χ4v) is 6.67. The summed E-state index contributed by atoms with van der Waals surface area (Å²) < 4.78 is 47.7. The van der Waals surface area contributed by atoms with Gasteiger partial charge in [0.25, 0.3) is 0 Å². The third kappa shape index (κ3) is 43.7. The molecule has 0 aliphatic rings. The number of unbranched alkanes of at least 4 members (excludes halogenated alkanes) is 15. The zero-order chi connectivity index (χ0) is 43.7. The van der Waals surface area contributed by atoms with Gasteiger partial charge in [-0.15, -0.1) is 0 Å². The van der Waals surface area contributed by atoms with Gasteiger partial charge in [0.2, 0.25) is 0 Å². The Kier molecular flexibility index (Phi) is 38.5. The Morgan fingerprint density at radius 1 is 0.492 bits per heavy atom. The highest BCUT2D eigenvalue weighted by Crippen LogP contribution is 2.43. The number of allylic oxidation sites excluding steroid dienone is 10. The van der Waals surface area contributed by atoms with Gasteiger partial charge in [0.15, 0.2) is 6.10 Å². The second-order valence-electron chi connectivity index (χ2n) is 14.6. The van der Waals surface area contributed by atoms with Gasteiger partial charge in [-0.05, 0) is 77.0 Å². The third-order valence-corrected chi connectivity index (χ3v) is 10.3. The SMILES string of the molecule is CCCCC/C=C\C/C=C\CCCCCCCC(=O)O[C@H](COC(=O)CCC/C=C\C/C=C\C/C=C\CCCCCCCC)COP(=O)(O)OC[C@@H](O)COP(=O)(O)O. The van der Waals surface area contributed by atoms with Crippen molar-refractivity contribution in [2.45, 2.75) is 180 Å². The number of hydrogen-bond acceptors (Lipinski definition) is 10. The number of aliphatic hydroxyl groups excluding tert-OH is 1. The van der Waals surface area contributed by atoms with Crippen LogP contribution >= 0.6 is 15.6 Å². The molecule has 0 fully saturated rings. The summed E-state index contributed by atoms with van der Waals surface area (Å²) >= 11 is 0. The second kappa shape index (κ2) is 39.9.